The van der Waals surface area contributed by atoms with Gasteiger partial charge in [-0.2, -0.15) is 0 Å². The topological polar surface area (TPSA) is 67.4 Å². The van der Waals surface area contributed by atoms with Crippen LogP contribution in [-0.4, -0.2) is 18.9 Å². The average Bonchev–Trinajstić information content (AvgIpc) is 2.74. The van der Waals surface area contributed by atoms with Crippen LogP contribution in [0.5, 0.6) is 5.75 Å². The fraction of sp³-hybridized carbons (Fsp3) is 0.0833. The first kappa shape index (κ1) is 19.9. The van der Waals surface area contributed by atoms with Gasteiger partial charge in [0, 0.05) is 17.3 Å². The molecule has 0 bridgehead atoms. The minimum absolute atomic E-state index is 0.239. The van der Waals surface area contributed by atoms with Gasteiger partial charge in [-0.1, -0.05) is 42.0 Å². The number of nitrogens with one attached hydrogen (secondary N) is 2. The van der Waals surface area contributed by atoms with Gasteiger partial charge in [-0.25, -0.2) is 0 Å². The molecule has 0 fully saturated rings. The van der Waals surface area contributed by atoms with Crippen LogP contribution in [-0.2, 0) is 4.79 Å². The van der Waals surface area contributed by atoms with Crippen LogP contribution < -0.4 is 15.4 Å². The summed E-state index contributed by atoms with van der Waals surface area (Å²) in [6.45, 7) is 2.01. The van der Waals surface area contributed by atoms with Gasteiger partial charge in [-0.15, -0.1) is 0 Å². The SMILES string of the molecule is COc1ccccc1NC(=O)c1ccc(NC(=O)/C=C/c2ccc(C)cc2)cc1. The molecule has 0 unspecified atom stereocenters. The number of ether oxygens (including phenoxy) is 1. The van der Waals surface area contributed by atoms with Crippen LogP contribution in [0.1, 0.15) is 21.5 Å². The van der Waals surface area contributed by atoms with Crippen molar-refractivity contribution >= 4 is 29.3 Å². The maximum Gasteiger partial charge on any atom is 0.255 e. The molecular formula is C24H22N2O3. The van der Waals surface area contributed by atoms with Gasteiger partial charge in [0.05, 0.1) is 12.8 Å². The van der Waals surface area contributed by atoms with Crippen molar-refractivity contribution in [3.8, 4) is 5.75 Å². The second-order valence-electron chi connectivity index (χ2n) is 6.47. The third kappa shape index (κ3) is 5.56. The Balaban J connectivity index is 1.60. The van der Waals surface area contributed by atoms with Crippen molar-refractivity contribution in [1.82, 2.24) is 0 Å². The van der Waals surface area contributed by atoms with E-state index in [0.29, 0.717) is 22.7 Å². The molecule has 0 aliphatic rings. The van der Waals surface area contributed by atoms with Gasteiger partial charge in [-0.3, -0.25) is 9.59 Å². The molecule has 2 amide bonds. The van der Waals surface area contributed by atoms with Gasteiger partial charge >= 0.3 is 0 Å². The monoisotopic (exact) mass is 386 g/mol. The summed E-state index contributed by atoms with van der Waals surface area (Å²) in [6.07, 6.45) is 3.23. The summed E-state index contributed by atoms with van der Waals surface area (Å²) in [4.78, 5) is 24.5. The summed E-state index contributed by atoms with van der Waals surface area (Å²) < 4.78 is 5.24. The molecule has 0 aromatic heterocycles. The van der Waals surface area contributed by atoms with Crippen LogP contribution in [0.25, 0.3) is 6.08 Å². The van der Waals surface area contributed by atoms with Crippen molar-refractivity contribution in [3.05, 3.63) is 95.6 Å². The lowest BCUT2D eigenvalue weighted by Crippen LogP contribution is -2.13. The Morgan fingerprint density at radius 3 is 2.24 bits per heavy atom. The Labute approximate surface area is 170 Å². The average molecular weight is 386 g/mol. The van der Waals surface area contributed by atoms with Crippen molar-refractivity contribution in [2.24, 2.45) is 0 Å². The number of carbonyl (C=O) groups excluding carboxylic acids is 2. The van der Waals surface area contributed by atoms with Crippen LogP contribution in [0.15, 0.2) is 78.9 Å². The predicted octanol–water partition coefficient (Wildman–Crippen LogP) is 4.91. The highest BCUT2D eigenvalue weighted by molar-refractivity contribution is 6.06. The summed E-state index contributed by atoms with van der Waals surface area (Å²) >= 11 is 0. The normalized spacial score (nSPS) is 10.6. The zero-order valence-corrected chi connectivity index (χ0v) is 16.3. The van der Waals surface area contributed by atoms with Crippen LogP contribution in [0.4, 0.5) is 11.4 Å². The molecule has 0 radical (unpaired) electrons. The Bertz CT molecular complexity index is 1020. The number of hydrogen-bond donors (Lipinski definition) is 2. The third-order valence-corrected chi connectivity index (χ3v) is 4.27. The minimum atomic E-state index is -0.258. The van der Waals surface area contributed by atoms with Gasteiger partial charge < -0.3 is 15.4 Å². The first-order valence-electron chi connectivity index (χ1n) is 9.15. The second kappa shape index (κ2) is 9.37. The number of anilines is 2. The smallest absolute Gasteiger partial charge is 0.255 e. The highest BCUT2D eigenvalue weighted by Gasteiger charge is 2.09. The number of amides is 2. The molecule has 3 rings (SSSR count). The summed E-state index contributed by atoms with van der Waals surface area (Å²) in [6, 6.07) is 21.8. The van der Waals surface area contributed by atoms with E-state index in [9.17, 15) is 9.59 Å². The summed E-state index contributed by atoms with van der Waals surface area (Å²) in [5.41, 5.74) is 3.80. The maximum absolute atomic E-state index is 12.4. The predicted molar refractivity (Wildman–Crippen MR) is 116 cm³/mol. The molecule has 0 saturated carbocycles. The van der Waals surface area contributed by atoms with E-state index >= 15 is 0 Å². The molecule has 2 N–H and O–H groups in total. The molecule has 0 saturated heterocycles. The van der Waals surface area contributed by atoms with E-state index < -0.39 is 0 Å². The van der Waals surface area contributed by atoms with Gasteiger partial charge in [0.2, 0.25) is 5.91 Å². The van der Waals surface area contributed by atoms with Crippen molar-refractivity contribution in [2.45, 2.75) is 6.92 Å². The molecule has 0 spiro atoms. The molecule has 0 aliphatic heterocycles. The Morgan fingerprint density at radius 1 is 0.862 bits per heavy atom. The van der Waals surface area contributed by atoms with E-state index in [-0.39, 0.29) is 11.8 Å². The summed E-state index contributed by atoms with van der Waals surface area (Å²) in [7, 11) is 1.55. The molecule has 0 aliphatic carbocycles. The number of benzene rings is 3. The van der Waals surface area contributed by atoms with E-state index in [1.165, 1.54) is 11.6 Å². The molecule has 146 valence electrons. The van der Waals surface area contributed by atoms with Gasteiger partial charge in [0.1, 0.15) is 5.75 Å². The second-order valence-corrected chi connectivity index (χ2v) is 6.47. The van der Waals surface area contributed by atoms with Gasteiger partial charge in [-0.05, 0) is 55.0 Å². The quantitative estimate of drug-likeness (QED) is 0.592. The Kier molecular flexibility index (Phi) is 6.43. The van der Waals surface area contributed by atoms with Crippen molar-refractivity contribution in [3.63, 3.8) is 0 Å². The first-order chi connectivity index (χ1) is 14.0. The first-order valence-corrected chi connectivity index (χ1v) is 9.15. The fourth-order valence-corrected chi connectivity index (χ4v) is 2.68. The highest BCUT2D eigenvalue weighted by Crippen LogP contribution is 2.23. The van der Waals surface area contributed by atoms with Crippen LogP contribution in [0.2, 0.25) is 0 Å². The molecule has 3 aromatic carbocycles. The molecule has 29 heavy (non-hydrogen) atoms. The van der Waals surface area contributed by atoms with E-state index in [4.69, 9.17) is 4.74 Å². The lowest BCUT2D eigenvalue weighted by atomic mass is 10.1. The van der Waals surface area contributed by atoms with Crippen molar-refractivity contribution in [2.75, 3.05) is 17.7 Å². The van der Waals surface area contributed by atoms with E-state index in [0.717, 1.165) is 5.56 Å². The summed E-state index contributed by atoms with van der Waals surface area (Å²) in [5, 5.41) is 5.60. The lowest BCUT2D eigenvalue weighted by molar-refractivity contribution is -0.111. The van der Waals surface area contributed by atoms with Gasteiger partial charge in [0.15, 0.2) is 0 Å². The Hall–Kier alpha value is -3.86. The summed E-state index contributed by atoms with van der Waals surface area (Å²) in [5.74, 6) is 0.0912. The van der Waals surface area contributed by atoms with Crippen molar-refractivity contribution in [1.29, 1.82) is 0 Å². The van der Waals surface area contributed by atoms with Crippen molar-refractivity contribution < 1.29 is 14.3 Å². The van der Waals surface area contributed by atoms with Crippen LogP contribution in [0.3, 0.4) is 0 Å². The molecule has 0 heterocycles. The molecular weight excluding hydrogens is 364 g/mol. The zero-order chi connectivity index (χ0) is 20.6. The van der Waals surface area contributed by atoms with Crippen LogP contribution in [0, 0.1) is 6.92 Å². The number of carbonyl (C=O) groups is 2. The largest absolute Gasteiger partial charge is 0.495 e. The minimum Gasteiger partial charge on any atom is -0.495 e. The number of rotatable bonds is 6. The van der Waals surface area contributed by atoms with Crippen LogP contribution >= 0.6 is 0 Å². The molecule has 5 heteroatoms. The molecule has 3 aromatic rings. The number of hydrogen-bond acceptors (Lipinski definition) is 3. The maximum atomic E-state index is 12.4. The van der Waals surface area contributed by atoms with E-state index in [2.05, 4.69) is 10.6 Å². The standard InChI is InChI=1S/C24H22N2O3/c1-17-7-9-18(10-8-17)11-16-23(27)25-20-14-12-19(13-15-20)24(28)26-21-5-3-4-6-22(21)29-2/h3-16H,1-2H3,(H,25,27)(H,26,28)/b16-11+. The van der Waals surface area contributed by atoms with E-state index in [1.54, 1.807) is 49.6 Å². The molecule has 0 atom stereocenters. The Morgan fingerprint density at radius 2 is 1.55 bits per heavy atom. The number of aryl methyl sites for hydroxylation is 1. The van der Waals surface area contributed by atoms with E-state index in [1.807, 2.05) is 43.3 Å². The highest BCUT2D eigenvalue weighted by atomic mass is 16.5. The fourth-order valence-electron chi connectivity index (χ4n) is 2.68. The van der Waals surface area contributed by atoms with Gasteiger partial charge in [0.25, 0.3) is 5.91 Å². The number of methoxy groups -OCH3 is 1. The third-order valence-electron chi connectivity index (χ3n) is 4.27. The zero-order valence-electron chi connectivity index (χ0n) is 16.3. The number of para-hydroxylation sites is 2. The molecule has 5 nitrogen and oxygen atoms in total. The lowest BCUT2D eigenvalue weighted by Gasteiger charge is -2.10.